The van der Waals surface area contributed by atoms with E-state index in [-0.39, 0.29) is 11.2 Å². The second-order valence-corrected chi connectivity index (χ2v) is 5.22. The molecule has 0 aliphatic heterocycles. The largest absolute Gasteiger partial charge is 0.416 e. The standard InChI is InChI=1S/C15H15ClF3N3/c1-2-4-12(21-14-9-20-8-13(16)22-14)10-5-3-6-11(7-10)15(17,18)19/h3,5-9,12H,2,4H2,1H3,(H,21,22). The van der Waals surface area contributed by atoms with E-state index in [1.807, 2.05) is 6.92 Å². The third-order valence-electron chi connectivity index (χ3n) is 3.12. The van der Waals surface area contributed by atoms with Crippen molar-refractivity contribution in [1.82, 2.24) is 9.97 Å². The Morgan fingerprint density at radius 1 is 1.27 bits per heavy atom. The van der Waals surface area contributed by atoms with E-state index in [1.165, 1.54) is 18.5 Å². The lowest BCUT2D eigenvalue weighted by Crippen LogP contribution is -2.13. The molecule has 118 valence electrons. The first-order chi connectivity index (χ1) is 10.4. The van der Waals surface area contributed by atoms with Crippen LogP contribution in [0.3, 0.4) is 0 Å². The summed E-state index contributed by atoms with van der Waals surface area (Å²) in [6.45, 7) is 1.96. The zero-order valence-corrected chi connectivity index (χ0v) is 12.6. The highest BCUT2D eigenvalue weighted by Crippen LogP contribution is 2.32. The Bertz CT molecular complexity index is 631. The van der Waals surface area contributed by atoms with Crippen LogP contribution >= 0.6 is 11.6 Å². The summed E-state index contributed by atoms with van der Waals surface area (Å²) in [7, 11) is 0. The lowest BCUT2D eigenvalue weighted by Gasteiger charge is -2.20. The zero-order chi connectivity index (χ0) is 16.2. The van der Waals surface area contributed by atoms with Crippen molar-refractivity contribution < 1.29 is 13.2 Å². The summed E-state index contributed by atoms with van der Waals surface area (Å²) in [4.78, 5) is 7.97. The SMILES string of the molecule is CCCC(Nc1cncc(Cl)n1)c1cccc(C(F)(F)F)c1. The van der Waals surface area contributed by atoms with Gasteiger partial charge >= 0.3 is 6.18 Å². The predicted octanol–water partition coefficient (Wildman–Crippen LogP) is 5.10. The van der Waals surface area contributed by atoms with Gasteiger partial charge in [0.1, 0.15) is 11.0 Å². The van der Waals surface area contributed by atoms with Crippen LogP contribution in [0.5, 0.6) is 0 Å². The normalized spacial score (nSPS) is 13.0. The van der Waals surface area contributed by atoms with Crippen molar-refractivity contribution in [3.63, 3.8) is 0 Å². The fourth-order valence-corrected chi connectivity index (χ4v) is 2.28. The van der Waals surface area contributed by atoms with Gasteiger partial charge in [0.2, 0.25) is 0 Å². The molecule has 0 saturated carbocycles. The average molecular weight is 330 g/mol. The number of halogens is 4. The zero-order valence-electron chi connectivity index (χ0n) is 11.9. The van der Waals surface area contributed by atoms with Gasteiger partial charge in [0.15, 0.2) is 0 Å². The Balaban J connectivity index is 2.28. The van der Waals surface area contributed by atoms with E-state index in [4.69, 9.17) is 11.6 Å². The first kappa shape index (κ1) is 16.5. The number of hydrogen-bond acceptors (Lipinski definition) is 3. The molecule has 3 nitrogen and oxygen atoms in total. The maximum atomic E-state index is 12.8. The fraction of sp³-hybridized carbons (Fsp3) is 0.333. The Morgan fingerprint density at radius 2 is 2.05 bits per heavy atom. The quantitative estimate of drug-likeness (QED) is 0.829. The minimum absolute atomic E-state index is 0.226. The number of rotatable bonds is 5. The third kappa shape index (κ3) is 4.34. The van der Waals surface area contributed by atoms with Crippen LogP contribution in [0.15, 0.2) is 36.7 Å². The van der Waals surface area contributed by atoms with Gasteiger partial charge in [0.05, 0.1) is 24.0 Å². The molecule has 0 amide bonds. The number of anilines is 1. The van der Waals surface area contributed by atoms with Crippen LogP contribution in [-0.4, -0.2) is 9.97 Å². The Kier molecular flexibility index (Phi) is 5.24. The summed E-state index contributed by atoms with van der Waals surface area (Å²) in [5.74, 6) is 0.434. The van der Waals surface area contributed by atoms with Gasteiger partial charge in [-0.15, -0.1) is 0 Å². The Hall–Kier alpha value is -1.82. The first-order valence-corrected chi connectivity index (χ1v) is 7.19. The van der Waals surface area contributed by atoms with Crippen molar-refractivity contribution in [2.75, 3.05) is 5.32 Å². The van der Waals surface area contributed by atoms with E-state index >= 15 is 0 Å². The van der Waals surface area contributed by atoms with Gasteiger partial charge in [-0.3, -0.25) is 4.98 Å². The lowest BCUT2D eigenvalue weighted by molar-refractivity contribution is -0.137. The minimum Gasteiger partial charge on any atom is -0.362 e. The van der Waals surface area contributed by atoms with Crippen LogP contribution in [0, 0.1) is 0 Å². The second kappa shape index (κ2) is 6.96. The molecule has 1 aromatic heterocycles. The van der Waals surface area contributed by atoms with Crippen molar-refractivity contribution in [1.29, 1.82) is 0 Å². The maximum absolute atomic E-state index is 12.8. The van der Waals surface area contributed by atoms with E-state index in [0.29, 0.717) is 17.8 Å². The van der Waals surface area contributed by atoms with Crippen molar-refractivity contribution in [3.05, 3.63) is 52.9 Å². The topological polar surface area (TPSA) is 37.8 Å². The molecule has 1 unspecified atom stereocenters. The molecule has 0 aliphatic carbocycles. The number of aromatic nitrogens is 2. The van der Waals surface area contributed by atoms with Gasteiger partial charge in [-0.25, -0.2) is 4.98 Å². The van der Waals surface area contributed by atoms with Crippen molar-refractivity contribution >= 4 is 17.4 Å². The summed E-state index contributed by atoms with van der Waals surface area (Å²) >= 11 is 5.77. The van der Waals surface area contributed by atoms with Crippen molar-refractivity contribution in [3.8, 4) is 0 Å². The van der Waals surface area contributed by atoms with Gasteiger partial charge in [-0.2, -0.15) is 13.2 Å². The molecule has 1 atom stereocenters. The van der Waals surface area contributed by atoms with Crippen LogP contribution < -0.4 is 5.32 Å². The molecular weight excluding hydrogens is 315 g/mol. The van der Waals surface area contributed by atoms with Crippen LogP contribution in [0.25, 0.3) is 0 Å². The molecule has 1 heterocycles. The number of hydrogen-bond donors (Lipinski definition) is 1. The fourth-order valence-electron chi connectivity index (χ4n) is 2.13. The number of benzene rings is 1. The molecule has 0 bridgehead atoms. The smallest absolute Gasteiger partial charge is 0.362 e. The first-order valence-electron chi connectivity index (χ1n) is 6.81. The molecule has 22 heavy (non-hydrogen) atoms. The molecule has 7 heteroatoms. The van der Waals surface area contributed by atoms with Crippen LogP contribution in [0.1, 0.15) is 36.9 Å². The molecule has 0 fully saturated rings. The van der Waals surface area contributed by atoms with Crippen LogP contribution in [0.4, 0.5) is 19.0 Å². The Labute approximate surface area is 131 Å². The van der Waals surface area contributed by atoms with E-state index in [2.05, 4.69) is 15.3 Å². The molecule has 0 aliphatic rings. The van der Waals surface area contributed by atoms with Crippen LogP contribution in [-0.2, 0) is 6.18 Å². The van der Waals surface area contributed by atoms with E-state index < -0.39 is 11.7 Å². The minimum atomic E-state index is -4.36. The molecule has 0 spiro atoms. The predicted molar refractivity (Wildman–Crippen MR) is 79.8 cm³/mol. The van der Waals surface area contributed by atoms with Gasteiger partial charge in [0.25, 0.3) is 0 Å². The summed E-state index contributed by atoms with van der Waals surface area (Å²) in [6.07, 6.45) is -0.00592. The van der Waals surface area contributed by atoms with E-state index in [1.54, 1.807) is 6.07 Å². The highest BCUT2D eigenvalue weighted by molar-refractivity contribution is 6.29. The van der Waals surface area contributed by atoms with Crippen molar-refractivity contribution in [2.24, 2.45) is 0 Å². The molecule has 1 N–H and O–H groups in total. The summed E-state index contributed by atoms with van der Waals surface area (Å²) in [5, 5.41) is 3.32. The monoisotopic (exact) mass is 329 g/mol. The third-order valence-corrected chi connectivity index (χ3v) is 3.30. The number of nitrogens with zero attached hydrogens (tertiary/aromatic N) is 2. The molecular formula is C15H15ClF3N3. The molecule has 1 aromatic carbocycles. The van der Waals surface area contributed by atoms with E-state index in [9.17, 15) is 13.2 Å². The molecule has 0 radical (unpaired) electrons. The van der Waals surface area contributed by atoms with Gasteiger partial charge in [-0.1, -0.05) is 37.1 Å². The number of alkyl halides is 3. The lowest BCUT2D eigenvalue weighted by atomic mass is 10.00. The molecule has 2 rings (SSSR count). The number of nitrogens with one attached hydrogen (secondary N) is 1. The van der Waals surface area contributed by atoms with Gasteiger partial charge in [0, 0.05) is 0 Å². The van der Waals surface area contributed by atoms with Gasteiger partial charge < -0.3 is 5.32 Å². The maximum Gasteiger partial charge on any atom is 0.416 e. The summed E-state index contributed by atoms with van der Waals surface area (Å²) in [5.41, 5.74) is -0.108. The van der Waals surface area contributed by atoms with Gasteiger partial charge in [-0.05, 0) is 24.1 Å². The molecule has 0 saturated heterocycles. The Morgan fingerprint density at radius 3 is 2.68 bits per heavy atom. The summed E-state index contributed by atoms with van der Waals surface area (Å²) < 4.78 is 38.5. The highest BCUT2D eigenvalue weighted by atomic mass is 35.5. The average Bonchev–Trinajstić information content (AvgIpc) is 2.46. The van der Waals surface area contributed by atoms with Crippen LogP contribution in [0.2, 0.25) is 5.15 Å². The van der Waals surface area contributed by atoms with E-state index in [0.717, 1.165) is 18.6 Å². The second-order valence-electron chi connectivity index (χ2n) is 4.84. The highest BCUT2D eigenvalue weighted by Gasteiger charge is 2.31. The summed E-state index contributed by atoms with van der Waals surface area (Å²) in [6, 6.07) is 5.00. The molecule has 2 aromatic rings. The van der Waals surface area contributed by atoms with Crippen molar-refractivity contribution in [2.45, 2.75) is 32.0 Å².